The first-order valence-corrected chi connectivity index (χ1v) is 9.28. The van der Waals surface area contributed by atoms with Crippen LogP contribution in [-0.2, 0) is 47.0 Å². The van der Waals surface area contributed by atoms with E-state index in [9.17, 15) is 9.59 Å². The number of benzene rings is 1. The molecular weight excluding hydrogens is 405 g/mol. The minimum Gasteiger partial charge on any atom is -0.466 e. The van der Waals surface area contributed by atoms with E-state index in [1.54, 1.807) is 0 Å². The predicted octanol–water partition coefficient (Wildman–Crippen LogP) is 3.05. The number of esters is 1. The number of para-hydroxylation sites is 1. The molecule has 1 aliphatic heterocycles. The van der Waals surface area contributed by atoms with E-state index in [-0.39, 0.29) is 50.5 Å². The first-order valence-electron chi connectivity index (χ1n) is 9.28. The fourth-order valence-electron chi connectivity index (χ4n) is 3.81. The van der Waals surface area contributed by atoms with Crippen LogP contribution in [0.4, 0.5) is 5.69 Å². The third kappa shape index (κ3) is 5.86. The molecule has 1 fully saturated rings. The number of hydrogen-bond acceptors (Lipinski definition) is 3. The molecule has 0 bridgehead atoms. The van der Waals surface area contributed by atoms with Crippen molar-refractivity contribution in [2.45, 2.75) is 40.5 Å². The fourth-order valence-corrected chi connectivity index (χ4v) is 3.81. The summed E-state index contributed by atoms with van der Waals surface area (Å²) in [5, 5.41) is 3.08. The average Bonchev–Trinajstić information content (AvgIpc) is 2.58. The maximum atomic E-state index is 12.7. The van der Waals surface area contributed by atoms with Crippen LogP contribution in [-0.4, -0.2) is 49.1 Å². The van der Waals surface area contributed by atoms with Crippen molar-refractivity contribution in [1.29, 1.82) is 0 Å². The normalized spacial score (nSPS) is 22.2. The molecule has 1 saturated heterocycles. The molecule has 1 heterocycles. The topological polar surface area (TPSA) is 55.4 Å². The van der Waals surface area contributed by atoms with E-state index in [1.807, 2.05) is 39.0 Å². The third-order valence-corrected chi connectivity index (χ3v) is 5.31. The van der Waals surface area contributed by atoms with Crippen molar-refractivity contribution in [2.75, 3.05) is 38.1 Å². The second-order valence-electron chi connectivity index (χ2n) is 7.13. The van der Waals surface area contributed by atoms with Gasteiger partial charge in [-0.2, -0.15) is 0 Å². The summed E-state index contributed by atoms with van der Waals surface area (Å²) in [6, 6.07) is 6.00. The average molecular weight is 436 g/mol. The van der Waals surface area contributed by atoms with Gasteiger partial charge in [0.15, 0.2) is 6.54 Å². The van der Waals surface area contributed by atoms with Crippen LogP contribution in [0.1, 0.15) is 37.8 Å². The SMILES string of the molecule is CCOC(=O)C1CCC[N+](CC)(CC(=O)Nc2c(C)cccc2C)C1.[Y]. The number of ether oxygens (including phenoxy) is 1. The number of nitrogens with zero attached hydrogens (tertiary/aromatic N) is 1. The number of likely N-dealkylation sites (tertiary alicyclic amines) is 1. The van der Waals surface area contributed by atoms with Crippen molar-refractivity contribution in [1.82, 2.24) is 0 Å². The minimum atomic E-state index is -0.117. The van der Waals surface area contributed by atoms with E-state index in [2.05, 4.69) is 12.2 Å². The molecule has 6 heteroatoms. The number of piperidine rings is 1. The zero-order valence-electron chi connectivity index (χ0n) is 16.5. The summed E-state index contributed by atoms with van der Waals surface area (Å²) in [4.78, 5) is 24.8. The van der Waals surface area contributed by atoms with Crippen LogP contribution in [0.3, 0.4) is 0 Å². The molecule has 0 saturated carbocycles. The summed E-state index contributed by atoms with van der Waals surface area (Å²) in [6.07, 6.45) is 1.81. The molecule has 1 aromatic rings. The van der Waals surface area contributed by atoms with Crippen LogP contribution in [0.2, 0.25) is 0 Å². The summed E-state index contributed by atoms with van der Waals surface area (Å²) < 4.78 is 5.85. The zero-order valence-corrected chi connectivity index (χ0v) is 19.3. The predicted molar refractivity (Wildman–Crippen MR) is 99.3 cm³/mol. The molecule has 0 aromatic heterocycles. The maximum absolute atomic E-state index is 12.7. The Kier molecular flexibility index (Phi) is 9.42. The molecule has 2 rings (SSSR count). The smallest absolute Gasteiger partial charge is 0.314 e. The van der Waals surface area contributed by atoms with Gasteiger partial charge in [0.05, 0.1) is 26.2 Å². The van der Waals surface area contributed by atoms with Gasteiger partial charge in [-0.1, -0.05) is 18.2 Å². The molecule has 2 atom stereocenters. The number of aryl methyl sites for hydroxylation is 2. The largest absolute Gasteiger partial charge is 0.466 e. The molecule has 2 unspecified atom stereocenters. The second-order valence-corrected chi connectivity index (χ2v) is 7.13. The summed E-state index contributed by atoms with van der Waals surface area (Å²) in [7, 11) is 0. The minimum absolute atomic E-state index is 0. The van der Waals surface area contributed by atoms with Crippen LogP contribution in [0.25, 0.3) is 0 Å². The van der Waals surface area contributed by atoms with Gasteiger partial charge in [0.2, 0.25) is 0 Å². The van der Waals surface area contributed by atoms with E-state index < -0.39 is 0 Å². The summed E-state index contributed by atoms with van der Waals surface area (Å²) in [6.45, 7) is 11.2. The van der Waals surface area contributed by atoms with Gasteiger partial charge in [0.1, 0.15) is 5.92 Å². The van der Waals surface area contributed by atoms with Gasteiger partial charge in [-0.05, 0) is 51.7 Å². The first kappa shape index (κ1) is 23.3. The molecule has 0 aliphatic carbocycles. The van der Waals surface area contributed by atoms with E-state index in [0.29, 0.717) is 24.2 Å². The second kappa shape index (κ2) is 10.5. The Hall–Kier alpha value is -0.776. The van der Waals surface area contributed by atoms with Gasteiger partial charge in [-0.25, -0.2) is 0 Å². The quantitative estimate of drug-likeness (QED) is 0.551. The Morgan fingerprint density at radius 3 is 2.46 bits per heavy atom. The van der Waals surface area contributed by atoms with E-state index in [4.69, 9.17) is 4.74 Å². The number of likely N-dealkylation sites (N-methyl/N-ethyl adjacent to an activating group) is 1. The zero-order chi connectivity index (χ0) is 18.4. The Labute approximate surface area is 182 Å². The van der Waals surface area contributed by atoms with Gasteiger partial charge in [-0.15, -0.1) is 0 Å². The van der Waals surface area contributed by atoms with Crippen molar-refractivity contribution in [3.63, 3.8) is 0 Å². The Morgan fingerprint density at radius 1 is 1.23 bits per heavy atom. The van der Waals surface area contributed by atoms with Crippen molar-refractivity contribution >= 4 is 17.6 Å². The van der Waals surface area contributed by atoms with Crippen LogP contribution >= 0.6 is 0 Å². The molecule has 1 radical (unpaired) electrons. The van der Waals surface area contributed by atoms with Crippen molar-refractivity contribution < 1.29 is 51.5 Å². The number of quaternary nitrogens is 1. The molecule has 1 aliphatic rings. The number of carbonyl (C=O) groups excluding carboxylic acids is 2. The number of carbonyl (C=O) groups is 2. The van der Waals surface area contributed by atoms with Crippen molar-refractivity contribution in [3.05, 3.63) is 29.3 Å². The Balaban J connectivity index is 0.00000338. The fraction of sp³-hybridized carbons (Fsp3) is 0.600. The summed E-state index contributed by atoms with van der Waals surface area (Å²) >= 11 is 0. The maximum Gasteiger partial charge on any atom is 0.314 e. The third-order valence-electron chi connectivity index (χ3n) is 5.31. The van der Waals surface area contributed by atoms with Gasteiger partial charge < -0.3 is 14.5 Å². The van der Waals surface area contributed by atoms with E-state index in [0.717, 1.165) is 42.7 Å². The van der Waals surface area contributed by atoms with Crippen LogP contribution in [0.15, 0.2) is 18.2 Å². The molecular formula is C20H31N2O3Y+. The van der Waals surface area contributed by atoms with Crippen LogP contribution in [0, 0.1) is 19.8 Å². The molecule has 26 heavy (non-hydrogen) atoms. The van der Waals surface area contributed by atoms with Crippen molar-refractivity contribution in [2.24, 2.45) is 5.92 Å². The number of rotatable bonds is 6. The van der Waals surface area contributed by atoms with E-state index in [1.165, 1.54) is 0 Å². The van der Waals surface area contributed by atoms with Gasteiger partial charge >= 0.3 is 5.97 Å². The monoisotopic (exact) mass is 436 g/mol. The molecule has 1 N–H and O–H groups in total. The summed E-state index contributed by atoms with van der Waals surface area (Å²) in [5.41, 5.74) is 3.04. The first-order chi connectivity index (χ1) is 11.9. The molecule has 141 valence electrons. The van der Waals surface area contributed by atoms with Gasteiger partial charge in [0.25, 0.3) is 5.91 Å². The molecule has 0 spiro atoms. The van der Waals surface area contributed by atoms with Gasteiger partial charge in [0, 0.05) is 38.4 Å². The van der Waals surface area contributed by atoms with Crippen LogP contribution in [0.5, 0.6) is 0 Å². The standard InChI is InChI=1S/C20H30N2O3.Y/c1-5-22(12-8-11-17(13-22)20(24)25-6-2)14-18(23)21-19-15(3)9-7-10-16(19)4;/h7,9-10,17H,5-6,8,11-14H2,1-4H3;/p+1. The molecule has 1 aromatic carbocycles. The Morgan fingerprint density at radius 2 is 1.88 bits per heavy atom. The van der Waals surface area contributed by atoms with Crippen molar-refractivity contribution in [3.8, 4) is 0 Å². The number of amides is 1. The van der Waals surface area contributed by atoms with Gasteiger partial charge in [-0.3, -0.25) is 9.59 Å². The number of anilines is 1. The summed E-state index contributed by atoms with van der Waals surface area (Å²) in [5.74, 6) is -0.196. The van der Waals surface area contributed by atoms with E-state index >= 15 is 0 Å². The number of hydrogen-bond donors (Lipinski definition) is 1. The molecule has 5 nitrogen and oxygen atoms in total. The molecule has 1 amide bonds. The number of nitrogens with one attached hydrogen (secondary N) is 1. The Bertz CT molecular complexity index is 615. The van der Waals surface area contributed by atoms with Crippen LogP contribution < -0.4 is 5.32 Å².